The number of hydrazone groups is 1. The van der Waals surface area contributed by atoms with Gasteiger partial charge < -0.3 is 14.5 Å². The number of aromatic amines is 1. The van der Waals surface area contributed by atoms with Crippen LogP contribution in [0.3, 0.4) is 0 Å². The zero-order valence-corrected chi connectivity index (χ0v) is 24.9. The minimum Gasteiger partial charge on any atom is -0.490 e. The number of nitrogens with one attached hydrogen (secondary N) is 2. The third-order valence-corrected chi connectivity index (χ3v) is 7.35. The van der Waals surface area contributed by atoms with Crippen LogP contribution in [0.5, 0.6) is 11.5 Å². The molecule has 0 aliphatic heterocycles. The topological polar surface area (TPSA) is 92.8 Å². The van der Waals surface area contributed by atoms with Gasteiger partial charge in [0.25, 0.3) is 5.91 Å². The summed E-state index contributed by atoms with van der Waals surface area (Å²) in [7, 11) is 0. The Morgan fingerprint density at radius 1 is 0.881 bits per heavy atom. The second-order valence-corrected chi connectivity index (χ2v) is 10.5. The molecule has 11 heteroatoms. The molecule has 0 fully saturated rings. The van der Waals surface area contributed by atoms with Crippen molar-refractivity contribution in [1.29, 1.82) is 0 Å². The predicted molar refractivity (Wildman–Crippen MR) is 168 cm³/mol. The molecule has 0 spiro atoms. The Hall–Kier alpha value is -4.01. The highest BCUT2D eigenvalue weighted by molar-refractivity contribution is 6.37. The fourth-order valence-corrected chi connectivity index (χ4v) is 5.22. The van der Waals surface area contributed by atoms with Crippen LogP contribution in [0.4, 0.5) is 0 Å². The summed E-state index contributed by atoms with van der Waals surface area (Å²) < 4.78 is 11.2. The van der Waals surface area contributed by atoms with Crippen LogP contribution >= 0.6 is 46.4 Å². The molecule has 2 N–H and O–H groups in total. The van der Waals surface area contributed by atoms with Gasteiger partial charge in [0, 0.05) is 26.6 Å². The van der Waals surface area contributed by atoms with Gasteiger partial charge in [0.15, 0.2) is 11.5 Å². The van der Waals surface area contributed by atoms with Crippen LogP contribution in [0.2, 0.25) is 20.1 Å². The van der Waals surface area contributed by atoms with Crippen LogP contribution in [-0.2, 0) is 0 Å². The van der Waals surface area contributed by atoms with Gasteiger partial charge >= 0.3 is 5.97 Å². The molecule has 1 aromatic heterocycles. The molecule has 0 unspecified atom stereocenters. The normalized spacial score (nSPS) is 11.2. The number of carbonyl (C=O) groups excluding carboxylic acids is 2. The van der Waals surface area contributed by atoms with E-state index in [-0.39, 0.29) is 22.0 Å². The average molecular weight is 641 g/mol. The van der Waals surface area contributed by atoms with Gasteiger partial charge in [-0.1, -0.05) is 76.7 Å². The zero-order chi connectivity index (χ0) is 29.8. The first-order valence-corrected chi connectivity index (χ1v) is 14.1. The van der Waals surface area contributed by atoms with Crippen molar-refractivity contribution in [1.82, 2.24) is 10.4 Å². The first kappa shape index (κ1) is 29.5. The van der Waals surface area contributed by atoms with E-state index in [1.807, 2.05) is 24.3 Å². The van der Waals surface area contributed by atoms with E-state index >= 15 is 0 Å². The maximum atomic E-state index is 13.3. The Kier molecular flexibility index (Phi) is 9.04. The maximum Gasteiger partial charge on any atom is 0.345 e. The monoisotopic (exact) mass is 639 g/mol. The van der Waals surface area contributed by atoms with Crippen molar-refractivity contribution in [2.45, 2.75) is 6.92 Å². The van der Waals surface area contributed by atoms with Crippen LogP contribution in [0, 0.1) is 0 Å². The highest BCUT2D eigenvalue weighted by Crippen LogP contribution is 2.38. The van der Waals surface area contributed by atoms with Crippen LogP contribution in [0.15, 0.2) is 84.0 Å². The smallest absolute Gasteiger partial charge is 0.345 e. The third kappa shape index (κ3) is 6.25. The van der Waals surface area contributed by atoms with Crippen molar-refractivity contribution >= 4 is 75.4 Å². The summed E-state index contributed by atoms with van der Waals surface area (Å²) in [5, 5.41) is 6.38. The van der Waals surface area contributed by atoms with Gasteiger partial charge in [0.1, 0.15) is 5.69 Å². The van der Waals surface area contributed by atoms with E-state index in [0.29, 0.717) is 49.6 Å². The predicted octanol–water partition coefficient (Wildman–Crippen LogP) is 8.83. The molecule has 0 saturated carbocycles. The van der Waals surface area contributed by atoms with Crippen LogP contribution < -0.4 is 14.9 Å². The lowest BCUT2D eigenvalue weighted by molar-refractivity contribution is 0.0728. The number of hydrogen-bond donors (Lipinski definition) is 2. The van der Waals surface area contributed by atoms with Crippen molar-refractivity contribution in [2.24, 2.45) is 5.10 Å². The van der Waals surface area contributed by atoms with Gasteiger partial charge in [-0.25, -0.2) is 10.2 Å². The number of carbonyl (C=O) groups is 2. The number of fused-ring (bicyclic) bond motifs is 1. The lowest BCUT2D eigenvalue weighted by Crippen LogP contribution is -2.19. The molecule has 0 saturated heterocycles. The molecule has 42 heavy (non-hydrogen) atoms. The quantitative estimate of drug-likeness (QED) is 0.0767. The van der Waals surface area contributed by atoms with Crippen molar-refractivity contribution in [3.8, 4) is 22.6 Å². The van der Waals surface area contributed by atoms with E-state index in [0.717, 1.165) is 5.39 Å². The Morgan fingerprint density at radius 2 is 1.67 bits per heavy atom. The molecule has 4 aromatic carbocycles. The fourth-order valence-electron chi connectivity index (χ4n) is 4.28. The molecular formula is C31H21Cl4N3O4. The van der Waals surface area contributed by atoms with Crippen molar-refractivity contribution in [2.75, 3.05) is 6.61 Å². The fraction of sp³-hybridized carbons (Fsp3) is 0.0645. The number of esters is 1. The molecule has 212 valence electrons. The summed E-state index contributed by atoms with van der Waals surface area (Å²) in [4.78, 5) is 29.1. The van der Waals surface area contributed by atoms with Crippen molar-refractivity contribution in [3.63, 3.8) is 0 Å². The van der Waals surface area contributed by atoms with Gasteiger partial charge in [-0.3, -0.25) is 4.79 Å². The Bertz CT molecular complexity index is 1850. The number of benzene rings is 4. The number of H-pyrrole nitrogens is 1. The largest absolute Gasteiger partial charge is 0.490 e. The standard InChI is InChI=1S/C31H21Cl4N3O4/c1-2-41-26-14-17(10-13-25(26)42-31(40)20-12-11-18(32)15-24(20)35)16-36-38-30(39)29-27(19-6-3-4-8-22(19)33)21-7-5-9-23(34)28(21)37-29/h3-16,37H,2H2,1H3,(H,38,39). The summed E-state index contributed by atoms with van der Waals surface area (Å²) in [6.45, 7) is 2.11. The highest BCUT2D eigenvalue weighted by atomic mass is 35.5. The molecule has 1 amide bonds. The van der Waals surface area contributed by atoms with E-state index in [9.17, 15) is 9.59 Å². The molecule has 0 aliphatic carbocycles. The summed E-state index contributed by atoms with van der Waals surface area (Å²) in [6.07, 6.45) is 1.44. The van der Waals surface area contributed by atoms with Gasteiger partial charge in [-0.2, -0.15) is 5.10 Å². The van der Waals surface area contributed by atoms with Crippen LogP contribution in [0.1, 0.15) is 33.3 Å². The number of nitrogens with zero attached hydrogens (tertiary/aromatic N) is 1. The molecule has 1 heterocycles. The number of amides is 1. The number of ether oxygens (including phenoxy) is 2. The first-order chi connectivity index (χ1) is 20.3. The summed E-state index contributed by atoms with van der Waals surface area (Å²) in [5.74, 6) is -0.672. The average Bonchev–Trinajstić information content (AvgIpc) is 3.35. The first-order valence-electron chi connectivity index (χ1n) is 12.6. The zero-order valence-electron chi connectivity index (χ0n) is 21.9. The van der Waals surface area contributed by atoms with Gasteiger partial charge in [0.05, 0.1) is 33.9 Å². The van der Waals surface area contributed by atoms with Gasteiger partial charge in [-0.05, 0) is 61.0 Å². The maximum absolute atomic E-state index is 13.3. The number of rotatable bonds is 8. The second-order valence-electron chi connectivity index (χ2n) is 8.87. The van der Waals surface area contributed by atoms with E-state index in [1.165, 1.54) is 18.3 Å². The van der Waals surface area contributed by atoms with Crippen LogP contribution in [0.25, 0.3) is 22.0 Å². The molecule has 7 nitrogen and oxygen atoms in total. The number of para-hydroxylation sites is 1. The lowest BCUT2D eigenvalue weighted by Gasteiger charge is -2.12. The molecule has 5 aromatic rings. The Morgan fingerprint density at radius 3 is 2.43 bits per heavy atom. The molecule has 0 radical (unpaired) electrons. The Labute approximate surface area is 260 Å². The molecule has 0 atom stereocenters. The minimum atomic E-state index is -0.668. The third-order valence-electron chi connectivity index (χ3n) is 6.15. The molecular weight excluding hydrogens is 620 g/mol. The minimum absolute atomic E-state index is 0.159. The summed E-state index contributed by atoms with van der Waals surface area (Å²) in [5.41, 5.74) is 5.43. The van der Waals surface area contributed by atoms with E-state index in [2.05, 4.69) is 15.5 Å². The molecule has 0 aliphatic rings. The number of aromatic nitrogens is 1. The van der Waals surface area contributed by atoms with E-state index in [1.54, 1.807) is 49.4 Å². The van der Waals surface area contributed by atoms with Crippen LogP contribution in [-0.4, -0.2) is 29.7 Å². The number of halogens is 4. The van der Waals surface area contributed by atoms with Crippen molar-refractivity contribution < 1.29 is 19.1 Å². The van der Waals surface area contributed by atoms with E-state index < -0.39 is 11.9 Å². The molecule has 0 bridgehead atoms. The summed E-state index contributed by atoms with van der Waals surface area (Å²) in [6, 6.07) is 22.0. The van der Waals surface area contributed by atoms with E-state index in [4.69, 9.17) is 55.9 Å². The lowest BCUT2D eigenvalue weighted by atomic mass is 10.0. The van der Waals surface area contributed by atoms with Gasteiger partial charge in [0.2, 0.25) is 0 Å². The highest BCUT2D eigenvalue weighted by Gasteiger charge is 2.22. The SMILES string of the molecule is CCOc1cc(C=NNC(=O)c2[nH]c3c(Cl)cccc3c2-c2ccccc2Cl)ccc1OC(=O)c1ccc(Cl)cc1Cl. The second kappa shape index (κ2) is 12.9. The number of hydrogen-bond acceptors (Lipinski definition) is 5. The van der Waals surface area contributed by atoms with Crippen molar-refractivity contribution in [3.05, 3.63) is 116 Å². The van der Waals surface area contributed by atoms with Gasteiger partial charge in [-0.15, -0.1) is 0 Å². The Balaban J connectivity index is 1.38. The molecule has 5 rings (SSSR count). The summed E-state index contributed by atoms with van der Waals surface area (Å²) >= 11 is 25.0.